The van der Waals surface area contributed by atoms with Crippen molar-refractivity contribution >= 4 is 11.6 Å². The second-order valence-corrected chi connectivity index (χ2v) is 4.67. The van der Waals surface area contributed by atoms with Gasteiger partial charge in [-0.05, 0) is 24.1 Å². The van der Waals surface area contributed by atoms with E-state index in [1.165, 1.54) is 22.9 Å². The smallest absolute Gasteiger partial charge is 0.251 e. The number of rotatable bonds is 5. The first kappa shape index (κ1) is 14.8. The molecule has 0 atom stereocenters. The normalized spacial score (nSPS) is 10.3. The van der Waals surface area contributed by atoms with Crippen LogP contribution in [-0.2, 0) is 24.3 Å². The number of anilines is 1. The van der Waals surface area contributed by atoms with Gasteiger partial charge in [0.25, 0.3) is 5.56 Å². The Hall–Kier alpha value is -2.63. The summed E-state index contributed by atoms with van der Waals surface area (Å²) in [6, 6.07) is 6.71. The summed E-state index contributed by atoms with van der Waals surface area (Å²) in [4.78, 5) is 27.8. The van der Waals surface area contributed by atoms with Gasteiger partial charge in [-0.15, -0.1) is 0 Å². The molecule has 0 spiro atoms. The Morgan fingerprint density at radius 2 is 2.19 bits per heavy atom. The Bertz CT molecular complexity index is 694. The summed E-state index contributed by atoms with van der Waals surface area (Å²) in [5.41, 5.74) is 7.73. The fourth-order valence-electron chi connectivity index (χ4n) is 2.02. The molecule has 0 radical (unpaired) electrons. The van der Waals surface area contributed by atoms with Crippen LogP contribution in [0, 0.1) is 0 Å². The highest BCUT2D eigenvalue weighted by molar-refractivity contribution is 5.75. The van der Waals surface area contributed by atoms with Crippen molar-refractivity contribution in [2.45, 2.75) is 26.4 Å². The monoisotopic (exact) mass is 286 g/mol. The van der Waals surface area contributed by atoms with Crippen molar-refractivity contribution in [3.8, 4) is 0 Å². The predicted molar refractivity (Wildman–Crippen MR) is 80.6 cm³/mol. The molecule has 2 aromatic rings. The number of nitrogens with one attached hydrogen (secondary N) is 1. The highest BCUT2D eigenvalue weighted by Crippen LogP contribution is 2.05. The molecule has 0 aromatic carbocycles. The molecule has 2 heterocycles. The molecule has 21 heavy (non-hydrogen) atoms. The van der Waals surface area contributed by atoms with Crippen LogP contribution in [0.25, 0.3) is 0 Å². The topological polar surface area (TPSA) is 90.0 Å². The number of nitrogen functional groups attached to an aromatic ring is 1. The highest BCUT2D eigenvalue weighted by atomic mass is 16.2. The maximum atomic E-state index is 11.9. The van der Waals surface area contributed by atoms with Gasteiger partial charge < -0.3 is 15.6 Å². The van der Waals surface area contributed by atoms with Crippen LogP contribution in [0.2, 0.25) is 0 Å². The molecule has 0 bridgehead atoms. The average Bonchev–Trinajstić information content (AvgIpc) is 2.49. The molecule has 2 rings (SSSR count). The van der Waals surface area contributed by atoms with E-state index in [9.17, 15) is 9.59 Å². The molecule has 2 aromatic heterocycles. The van der Waals surface area contributed by atoms with Crippen molar-refractivity contribution < 1.29 is 4.79 Å². The Kier molecular flexibility index (Phi) is 4.71. The minimum atomic E-state index is -0.258. The summed E-state index contributed by atoms with van der Waals surface area (Å²) in [7, 11) is 0. The van der Waals surface area contributed by atoms with Crippen LogP contribution in [-0.4, -0.2) is 15.5 Å². The Balaban J connectivity index is 1.99. The molecule has 6 heteroatoms. The minimum absolute atomic E-state index is 0.0574. The summed E-state index contributed by atoms with van der Waals surface area (Å²) in [6.07, 6.45) is 4.01. The number of pyridine rings is 2. The number of aryl methyl sites for hydroxylation is 1. The first-order chi connectivity index (χ1) is 10.1. The van der Waals surface area contributed by atoms with E-state index in [0.717, 1.165) is 17.7 Å². The second kappa shape index (κ2) is 6.69. The third-order valence-electron chi connectivity index (χ3n) is 3.14. The molecular formula is C15H18N4O2. The molecule has 0 fully saturated rings. The molecule has 1 amide bonds. The molecule has 0 saturated heterocycles. The summed E-state index contributed by atoms with van der Waals surface area (Å²) >= 11 is 0. The standard InChI is InChI=1S/C15H18N4O2/c1-2-11-4-3-7-17-13(11)8-18-14(20)10-19-9-12(16)5-6-15(19)21/h3-7,9H,2,8,10,16H2,1H3,(H,18,20). The van der Waals surface area contributed by atoms with Crippen LogP contribution in [0.15, 0.2) is 41.5 Å². The first-order valence-corrected chi connectivity index (χ1v) is 6.75. The molecule has 0 saturated carbocycles. The van der Waals surface area contributed by atoms with Gasteiger partial charge >= 0.3 is 0 Å². The van der Waals surface area contributed by atoms with E-state index in [0.29, 0.717) is 12.2 Å². The van der Waals surface area contributed by atoms with Gasteiger partial charge in [0.2, 0.25) is 5.91 Å². The zero-order valence-corrected chi connectivity index (χ0v) is 11.9. The van der Waals surface area contributed by atoms with Crippen molar-refractivity contribution in [2.75, 3.05) is 5.73 Å². The van der Waals surface area contributed by atoms with E-state index >= 15 is 0 Å². The fourth-order valence-corrected chi connectivity index (χ4v) is 2.02. The van der Waals surface area contributed by atoms with E-state index in [2.05, 4.69) is 10.3 Å². The third kappa shape index (κ3) is 3.92. The number of carbonyl (C=O) groups is 1. The molecule has 6 nitrogen and oxygen atoms in total. The lowest BCUT2D eigenvalue weighted by molar-refractivity contribution is -0.121. The maximum Gasteiger partial charge on any atom is 0.251 e. The fraction of sp³-hybridized carbons (Fsp3) is 0.267. The number of hydrogen-bond acceptors (Lipinski definition) is 4. The zero-order valence-electron chi connectivity index (χ0n) is 11.9. The van der Waals surface area contributed by atoms with Crippen molar-refractivity contribution in [1.29, 1.82) is 0 Å². The number of aromatic nitrogens is 2. The van der Waals surface area contributed by atoms with Crippen LogP contribution in [0.1, 0.15) is 18.2 Å². The Labute approximate surface area is 122 Å². The van der Waals surface area contributed by atoms with Crippen LogP contribution in [0.4, 0.5) is 5.69 Å². The molecule has 0 aliphatic heterocycles. The molecule has 0 unspecified atom stereocenters. The predicted octanol–water partition coefficient (Wildman–Crippen LogP) is 0.704. The van der Waals surface area contributed by atoms with E-state index in [1.54, 1.807) is 6.20 Å². The molecule has 0 aliphatic carbocycles. The summed E-state index contributed by atoms with van der Waals surface area (Å²) in [6.45, 7) is 2.33. The van der Waals surface area contributed by atoms with E-state index in [-0.39, 0.29) is 18.0 Å². The zero-order chi connectivity index (χ0) is 15.2. The van der Waals surface area contributed by atoms with Crippen molar-refractivity contribution in [2.24, 2.45) is 0 Å². The molecular weight excluding hydrogens is 268 g/mol. The molecule has 3 N–H and O–H groups in total. The quantitative estimate of drug-likeness (QED) is 0.846. The van der Waals surface area contributed by atoms with Gasteiger partial charge in [0.15, 0.2) is 0 Å². The van der Waals surface area contributed by atoms with Gasteiger partial charge in [-0.25, -0.2) is 0 Å². The number of carbonyl (C=O) groups excluding carboxylic acids is 1. The number of nitrogens with zero attached hydrogens (tertiary/aromatic N) is 2. The van der Waals surface area contributed by atoms with Gasteiger partial charge in [0, 0.05) is 24.1 Å². The third-order valence-corrected chi connectivity index (χ3v) is 3.14. The molecule has 0 aliphatic rings. The number of hydrogen-bond donors (Lipinski definition) is 2. The second-order valence-electron chi connectivity index (χ2n) is 4.67. The van der Waals surface area contributed by atoms with Gasteiger partial charge in [-0.1, -0.05) is 13.0 Å². The van der Waals surface area contributed by atoms with E-state index in [1.807, 2.05) is 19.1 Å². The van der Waals surface area contributed by atoms with Gasteiger partial charge in [0.05, 0.1) is 12.2 Å². The minimum Gasteiger partial charge on any atom is -0.398 e. The van der Waals surface area contributed by atoms with Gasteiger partial charge in [-0.3, -0.25) is 14.6 Å². The Morgan fingerprint density at radius 1 is 1.38 bits per heavy atom. The number of nitrogens with two attached hydrogens (primary N) is 1. The SMILES string of the molecule is CCc1cccnc1CNC(=O)Cn1cc(N)ccc1=O. The van der Waals surface area contributed by atoms with Crippen LogP contribution in [0.3, 0.4) is 0 Å². The summed E-state index contributed by atoms with van der Waals surface area (Å²) in [5, 5.41) is 2.77. The van der Waals surface area contributed by atoms with Crippen LogP contribution < -0.4 is 16.6 Å². The Morgan fingerprint density at radius 3 is 2.95 bits per heavy atom. The highest BCUT2D eigenvalue weighted by Gasteiger charge is 2.07. The maximum absolute atomic E-state index is 11.9. The number of amides is 1. The van der Waals surface area contributed by atoms with Gasteiger partial charge in [-0.2, -0.15) is 0 Å². The lowest BCUT2D eigenvalue weighted by Crippen LogP contribution is -2.32. The largest absolute Gasteiger partial charge is 0.398 e. The van der Waals surface area contributed by atoms with Crippen molar-refractivity contribution in [3.05, 3.63) is 58.3 Å². The van der Waals surface area contributed by atoms with E-state index < -0.39 is 0 Å². The van der Waals surface area contributed by atoms with E-state index in [4.69, 9.17) is 5.73 Å². The lowest BCUT2D eigenvalue weighted by atomic mass is 10.1. The lowest BCUT2D eigenvalue weighted by Gasteiger charge is -2.09. The summed E-state index contributed by atoms with van der Waals surface area (Å²) in [5.74, 6) is -0.254. The summed E-state index contributed by atoms with van der Waals surface area (Å²) < 4.78 is 1.28. The van der Waals surface area contributed by atoms with Gasteiger partial charge in [0.1, 0.15) is 6.54 Å². The van der Waals surface area contributed by atoms with Crippen LogP contribution in [0.5, 0.6) is 0 Å². The average molecular weight is 286 g/mol. The molecule has 110 valence electrons. The van der Waals surface area contributed by atoms with Crippen LogP contribution >= 0.6 is 0 Å². The first-order valence-electron chi connectivity index (χ1n) is 6.75. The van der Waals surface area contributed by atoms with Crippen molar-refractivity contribution in [1.82, 2.24) is 14.9 Å². The van der Waals surface area contributed by atoms with Crippen molar-refractivity contribution in [3.63, 3.8) is 0 Å².